The highest BCUT2D eigenvalue weighted by molar-refractivity contribution is 5.75. The SMILES string of the molecule is CCOC1CCN(Cc2ccc3cc[nH]c3n2)CC1. The molecular weight excluding hydrogens is 238 g/mol. The van der Waals surface area contributed by atoms with Crippen molar-refractivity contribution in [2.45, 2.75) is 32.4 Å². The number of rotatable bonds is 4. The number of nitrogens with one attached hydrogen (secondary N) is 1. The molecule has 102 valence electrons. The molecule has 1 N–H and O–H groups in total. The van der Waals surface area contributed by atoms with Crippen LogP contribution in [-0.2, 0) is 11.3 Å². The molecule has 19 heavy (non-hydrogen) atoms. The molecule has 1 saturated heterocycles. The molecule has 1 aliphatic heterocycles. The van der Waals surface area contributed by atoms with Crippen molar-refractivity contribution in [3.63, 3.8) is 0 Å². The van der Waals surface area contributed by atoms with Gasteiger partial charge >= 0.3 is 0 Å². The van der Waals surface area contributed by atoms with Crippen LogP contribution < -0.4 is 0 Å². The van der Waals surface area contributed by atoms with E-state index in [1.807, 2.05) is 6.20 Å². The Morgan fingerprint density at radius 1 is 1.32 bits per heavy atom. The number of hydrogen-bond acceptors (Lipinski definition) is 3. The highest BCUT2D eigenvalue weighted by Crippen LogP contribution is 2.17. The Hall–Kier alpha value is -1.39. The molecule has 0 atom stereocenters. The van der Waals surface area contributed by atoms with Crippen molar-refractivity contribution in [2.24, 2.45) is 0 Å². The number of H-pyrrole nitrogens is 1. The first-order valence-electron chi connectivity index (χ1n) is 7.12. The summed E-state index contributed by atoms with van der Waals surface area (Å²) in [5.74, 6) is 0. The van der Waals surface area contributed by atoms with Crippen molar-refractivity contribution in [1.82, 2.24) is 14.9 Å². The lowest BCUT2D eigenvalue weighted by atomic mass is 10.1. The van der Waals surface area contributed by atoms with E-state index in [2.05, 4.69) is 40.0 Å². The molecule has 2 aromatic rings. The predicted molar refractivity (Wildman–Crippen MR) is 76.0 cm³/mol. The van der Waals surface area contributed by atoms with Crippen LogP contribution in [0.2, 0.25) is 0 Å². The number of ether oxygens (including phenoxy) is 1. The number of aromatic amines is 1. The van der Waals surface area contributed by atoms with Crippen LogP contribution in [0.4, 0.5) is 0 Å². The minimum absolute atomic E-state index is 0.458. The van der Waals surface area contributed by atoms with Crippen molar-refractivity contribution in [1.29, 1.82) is 0 Å². The maximum absolute atomic E-state index is 5.68. The molecule has 0 radical (unpaired) electrons. The lowest BCUT2D eigenvalue weighted by Gasteiger charge is -2.31. The van der Waals surface area contributed by atoms with Crippen LogP contribution in [0.15, 0.2) is 24.4 Å². The molecule has 0 aliphatic carbocycles. The molecular formula is C15H21N3O. The molecule has 1 aliphatic rings. The van der Waals surface area contributed by atoms with Gasteiger partial charge in [0.1, 0.15) is 5.65 Å². The first-order chi connectivity index (χ1) is 9.35. The van der Waals surface area contributed by atoms with E-state index < -0.39 is 0 Å². The normalized spacial score (nSPS) is 18.2. The number of pyridine rings is 1. The molecule has 0 amide bonds. The summed E-state index contributed by atoms with van der Waals surface area (Å²) in [6, 6.07) is 6.33. The second-order valence-electron chi connectivity index (χ2n) is 5.15. The van der Waals surface area contributed by atoms with Gasteiger partial charge in [0.25, 0.3) is 0 Å². The fraction of sp³-hybridized carbons (Fsp3) is 0.533. The van der Waals surface area contributed by atoms with Crippen LogP contribution in [0.3, 0.4) is 0 Å². The molecule has 4 heteroatoms. The zero-order valence-electron chi connectivity index (χ0n) is 11.4. The van der Waals surface area contributed by atoms with Crippen LogP contribution in [-0.4, -0.2) is 40.7 Å². The van der Waals surface area contributed by atoms with E-state index in [9.17, 15) is 0 Å². The van der Waals surface area contributed by atoms with Gasteiger partial charge in [0.15, 0.2) is 0 Å². The first-order valence-corrected chi connectivity index (χ1v) is 7.12. The third-order valence-corrected chi connectivity index (χ3v) is 3.79. The molecule has 1 fully saturated rings. The van der Waals surface area contributed by atoms with Crippen LogP contribution in [0.5, 0.6) is 0 Å². The Labute approximate surface area is 113 Å². The van der Waals surface area contributed by atoms with Gasteiger partial charge in [0.05, 0.1) is 11.8 Å². The molecule has 0 spiro atoms. The molecule has 3 rings (SSSR count). The molecule has 0 unspecified atom stereocenters. The van der Waals surface area contributed by atoms with Gasteiger partial charge in [-0.15, -0.1) is 0 Å². The van der Waals surface area contributed by atoms with E-state index in [4.69, 9.17) is 4.74 Å². The minimum atomic E-state index is 0.458. The zero-order chi connectivity index (χ0) is 13.1. The molecule has 0 bridgehead atoms. The van der Waals surface area contributed by atoms with Crippen molar-refractivity contribution in [3.05, 3.63) is 30.1 Å². The summed E-state index contributed by atoms with van der Waals surface area (Å²) in [5.41, 5.74) is 2.13. The minimum Gasteiger partial charge on any atom is -0.378 e. The summed E-state index contributed by atoms with van der Waals surface area (Å²) >= 11 is 0. The van der Waals surface area contributed by atoms with Crippen molar-refractivity contribution in [3.8, 4) is 0 Å². The highest BCUT2D eigenvalue weighted by atomic mass is 16.5. The van der Waals surface area contributed by atoms with Crippen molar-refractivity contribution < 1.29 is 4.74 Å². The largest absolute Gasteiger partial charge is 0.378 e. The van der Waals surface area contributed by atoms with E-state index in [0.29, 0.717) is 6.10 Å². The van der Waals surface area contributed by atoms with E-state index in [0.717, 1.165) is 50.4 Å². The average molecular weight is 259 g/mol. The Balaban J connectivity index is 1.59. The third kappa shape index (κ3) is 2.96. The molecule has 0 aromatic carbocycles. The number of aromatic nitrogens is 2. The van der Waals surface area contributed by atoms with Gasteiger partial charge in [0.2, 0.25) is 0 Å². The van der Waals surface area contributed by atoms with Gasteiger partial charge in [-0.05, 0) is 38.0 Å². The summed E-state index contributed by atoms with van der Waals surface area (Å²) in [5, 5.41) is 1.18. The second-order valence-corrected chi connectivity index (χ2v) is 5.15. The molecule has 2 aromatic heterocycles. The van der Waals surface area contributed by atoms with Gasteiger partial charge in [-0.25, -0.2) is 4.98 Å². The van der Waals surface area contributed by atoms with E-state index in [-0.39, 0.29) is 0 Å². The third-order valence-electron chi connectivity index (χ3n) is 3.79. The van der Waals surface area contributed by atoms with Gasteiger partial charge in [-0.2, -0.15) is 0 Å². The Bertz CT molecular complexity index is 529. The van der Waals surface area contributed by atoms with Crippen LogP contribution in [0.1, 0.15) is 25.5 Å². The topological polar surface area (TPSA) is 41.1 Å². The summed E-state index contributed by atoms with van der Waals surface area (Å²) in [6.07, 6.45) is 4.67. The number of likely N-dealkylation sites (tertiary alicyclic amines) is 1. The van der Waals surface area contributed by atoms with Gasteiger partial charge in [0, 0.05) is 37.8 Å². The Morgan fingerprint density at radius 3 is 2.95 bits per heavy atom. The number of hydrogen-bond donors (Lipinski definition) is 1. The maximum Gasteiger partial charge on any atom is 0.137 e. The van der Waals surface area contributed by atoms with Crippen LogP contribution in [0, 0.1) is 0 Å². The number of piperidine rings is 1. The van der Waals surface area contributed by atoms with E-state index >= 15 is 0 Å². The Kier molecular flexibility index (Phi) is 3.80. The molecule has 3 heterocycles. The smallest absolute Gasteiger partial charge is 0.137 e. The predicted octanol–water partition coefficient (Wildman–Crippen LogP) is 2.56. The van der Waals surface area contributed by atoms with E-state index in [1.54, 1.807) is 0 Å². The summed E-state index contributed by atoms with van der Waals surface area (Å²) in [6.45, 7) is 6.05. The monoisotopic (exact) mass is 259 g/mol. The fourth-order valence-electron chi connectivity index (χ4n) is 2.76. The van der Waals surface area contributed by atoms with Crippen molar-refractivity contribution in [2.75, 3.05) is 19.7 Å². The molecule has 4 nitrogen and oxygen atoms in total. The fourth-order valence-corrected chi connectivity index (χ4v) is 2.76. The zero-order valence-corrected chi connectivity index (χ0v) is 11.4. The molecule has 0 saturated carbocycles. The number of nitrogens with zero attached hydrogens (tertiary/aromatic N) is 2. The first kappa shape index (κ1) is 12.6. The van der Waals surface area contributed by atoms with Crippen molar-refractivity contribution >= 4 is 11.0 Å². The summed E-state index contributed by atoms with van der Waals surface area (Å²) in [7, 11) is 0. The number of fused-ring (bicyclic) bond motifs is 1. The maximum atomic E-state index is 5.68. The summed E-state index contributed by atoms with van der Waals surface area (Å²) < 4.78 is 5.68. The quantitative estimate of drug-likeness (QED) is 0.917. The Morgan fingerprint density at radius 2 is 2.16 bits per heavy atom. The highest BCUT2D eigenvalue weighted by Gasteiger charge is 2.19. The van der Waals surface area contributed by atoms with Gasteiger partial charge in [-0.3, -0.25) is 4.90 Å². The lowest BCUT2D eigenvalue weighted by Crippen LogP contribution is -2.36. The average Bonchev–Trinajstić information content (AvgIpc) is 2.89. The van der Waals surface area contributed by atoms with Gasteiger partial charge in [-0.1, -0.05) is 0 Å². The van der Waals surface area contributed by atoms with Gasteiger partial charge < -0.3 is 9.72 Å². The van der Waals surface area contributed by atoms with Crippen LogP contribution >= 0.6 is 0 Å². The lowest BCUT2D eigenvalue weighted by molar-refractivity contribution is 0.0123. The van der Waals surface area contributed by atoms with E-state index in [1.165, 1.54) is 5.39 Å². The van der Waals surface area contributed by atoms with Crippen LogP contribution in [0.25, 0.3) is 11.0 Å². The second kappa shape index (κ2) is 5.72. The summed E-state index contributed by atoms with van der Waals surface area (Å²) in [4.78, 5) is 10.3. The standard InChI is InChI=1S/C15H21N3O/c1-2-19-14-6-9-18(10-7-14)11-13-4-3-12-5-8-16-15(12)17-13/h3-5,8,14H,2,6-7,9-11H2,1H3,(H,16,17).